The van der Waals surface area contributed by atoms with E-state index in [-0.39, 0.29) is 12.5 Å². The first-order valence-electron chi connectivity index (χ1n) is 11.4. The fourth-order valence-corrected chi connectivity index (χ4v) is 5.90. The summed E-state index contributed by atoms with van der Waals surface area (Å²) in [7, 11) is -3.49. The highest BCUT2D eigenvalue weighted by Gasteiger charge is 2.25. The summed E-state index contributed by atoms with van der Waals surface area (Å²) in [5.74, 6) is -0.0580. The minimum atomic E-state index is -3.49. The Bertz CT molecular complexity index is 1190. The second-order valence-corrected chi connectivity index (χ2v) is 10.4. The Hall–Kier alpha value is -2.64. The van der Waals surface area contributed by atoms with Gasteiger partial charge in [-0.25, -0.2) is 8.42 Å². The first-order chi connectivity index (χ1) is 15.4. The van der Waals surface area contributed by atoms with Crippen LogP contribution in [-0.4, -0.2) is 42.8 Å². The van der Waals surface area contributed by atoms with Gasteiger partial charge in [0.15, 0.2) is 0 Å². The van der Waals surface area contributed by atoms with Gasteiger partial charge in [0.1, 0.15) is 6.54 Å². The van der Waals surface area contributed by atoms with E-state index in [9.17, 15) is 13.2 Å². The van der Waals surface area contributed by atoms with E-state index in [0.717, 1.165) is 43.0 Å². The SMILES string of the molecule is Cc1ccccc1CCNC(=O)Cn1ccc2cc(S(=O)(=O)N3CCCCCC3)ccc21. The molecular weight excluding hydrogens is 422 g/mol. The van der Waals surface area contributed by atoms with Crippen LogP contribution in [0, 0.1) is 6.92 Å². The summed E-state index contributed by atoms with van der Waals surface area (Å²) in [5, 5.41) is 3.81. The molecule has 6 nitrogen and oxygen atoms in total. The molecule has 0 saturated carbocycles. The first-order valence-corrected chi connectivity index (χ1v) is 12.8. The molecule has 1 saturated heterocycles. The van der Waals surface area contributed by atoms with Crippen molar-refractivity contribution in [2.75, 3.05) is 19.6 Å². The summed E-state index contributed by atoms with van der Waals surface area (Å²) in [5.41, 5.74) is 3.32. The predicted molar refractivity (Wildman–Crippen MR) is 127 cm³/mol. The molecule has 4 rings (SSSR count). The topological polar surface area (TPSA) is 71.4 Å². The van der Waals surface area contributed by atoms with Crippen LogP contribution in [0.3, 0.4) is 0 Å². The average Bonchev–Trinajstić information content (AvgIpc) is 2.98. The molecule has 0 atom stereocenters. The van der Waals surface area contributed by atoms with Crippen LogP contribution in [0.4, 0.5) is 0 Å². The number of fused-ring (bicyclic) bond motifs is 1. The zero-order valence-electron chi connectivity index (χ0n) is 18.6. The van der Waals surface area contributed by atoms with Gasteiger partial charge in [-0.05, 0) is 61.6 Å². The number of rotatable bonds is 7. The van der Waals surface area contributed by atoms with Crippen LogP contribution < -0.4 is 5.32 Å². The number of aryl methyl sites for hydroxylation is 1. The van der Waals surface area contributed by atoms with Gasteiger partial charge in [-0.15, -0.1) is 0 Å². The van der Waals surface area contributed by atoms with Crippen molar-refractivity contribution in [3.8, 4) is 0 Å². The van der Waals surface area contributed by atoms with Crippen LogP contribution in [0.2, 0.25) is 0 Å². The lowest BCUT2D eigenvalue weighted by molar-refractivity contribution is -0.121. The van der Waals surface area contributed by atoms with Gasteiger partial charge in [0.2, 0.25) is 15.9 Å². The maximum atomic E-state index is 13.1. The lowest BCUT2D eigenvalue weighted by Crippen LogP contribution is -2.31. The van der Waals surface area contributed by atoms with Gasteiger partial charge in [-0.2, -0.15) is 4.31 Å². The van der Waals surface area contributed by atoms with E-state index in [4.69, 9.17) is 0 Å². The maximum Gasteiger partial charge on any atom is 0.243 e. The molecule has 1 fully saturated rings. The van der Waals surface area contributed by atoms with Crippen LogP contribution in [-0.2, 0) is 27.8 Å². The molecule has 3 aromatic rings. The molecule has 1 aromatic heterocycles. The van der Waals surface area contributed by atoms with Crippen LogP contribution in [0.25, 0.3) is 10.9 Å². The molecule has 32 heavy (non-hydrogen) atoms. The molecule has 2 heterocycles. The Morgan fingerprint density at radius 3 is 2.50 bits per heavy atom. The van der Waals surface area contributed by atoms with Crippen molar-refractivity contribution in [3.63, 3.8) is 0 Å². The normalized spacial score (nSPS) is 15.5. The fraction of sp³-hybridized carbons (Fsp3) is 0.400. The smallest absolute Gasteiger partial charge is 0.243 e. The predicted octanol–water partition coefficient (Wildman–Crippen LogP) is 3.87. The summed E-state index contributed by atoms with van der Waals surface area (Å²) in [6.45, 7) is 4.04. The van der Waals surface area contributed by atoms with Crippen molar-refractivity contribution in [2.45, 2.75) is 50.5 Å². The van der Waals surface area contributed by atoms with Crippen molar-refractivity contribution in [1.29, 1.82) is 0 Å². The molecular formula is C25H31N3O3S. The third-order valence-electron chi connectivity index (χ3n) is 6.24. The van der Waals surface area contributed by atoms with Gasteiger partial charge in [0.25, 0.3) is 0 Å². The second-order valence-electron chi connectivity index (χ2n) is 8.51. The molecule has 2 aromatic carbocycles. The zero-order chi connectivity index (χ0) is 22.6. The number of hydrogen-bond donors (Lipinski definition) is 1. The van der Waals surface area contributed by atoms with Gasteiger partial charge in [-0.1, -0.05) is 37.1 Å². The number of nitrogens with zero attached hydrogens (tertiary/aromatic N) is 2. The van der Waals surface area contributed by atoms with Gasteiger partial charge >= 0.3 is 0 Å². The lowest BCUT2D eigenvalue weighted by atomic mass is 10.1. The third kappa shape index (κ3) is 5.05. The van der Waals surface area contributed by atoms with Gasteiger partial charge in [-0.3, -0.25) is 4.79 Å². The highest BCUT2D eigenvalue weighted by atomic mass is 32.2. The number of nitrogens with one attached hydrogen (secondary N) is 1. The van der Waals surface area contributed by atoms with E-state index >= 15 is 0 Å². The van der Waals surface area contributed by atoms with Crippen molar-refractivity contribution in [3.05, 3.63) is 65.9 Å². The lowest BCUT2D eigenvalue weighted by Gasteiger charge is -2.20. The second kappa shape index (κ2) is 9.88. The Morgan fingerprint density at radius 1 is 1.00 bits per heavy atom. The monoisotopic (exact) mass is 453 g/mol. The molecule has 0 unspecified atom stereocenters. The molecule has 1 aliphatic rings. The minimum Gasteiger partial charge on any atom is -0.354 e. The molecule has 1 N–H and O–H groups in total. The van der Waals surface area contributed by atoms with Crippen LogP contribution in [0.5, 0.6) is 0 Å². The molecule has 0 aliphatic carbocycles. The summed E-state index contributed by atoms with van der Waals surface area (Å²) in [6, 6.07) is 15.2. The highest BCUT2D eigenvalue weighted by Crippen LogP contribution is 2.25. The number of sulfonamides is 1. The van der Waals surface area contributed by atoms with E-state index in [0.29, 0.717) is 24.5 Å². The average molecular weight is 454 g/mol. The molecule has 1 amide bonds. The summed E-state index contributed by atoms with van der Waals surface area (Å²) < 4.78 is 29.6. The third-order valence-corrected chi connectivity index (χ3v) is 8.13. The Morgan fingerprint density at radius 2 is 1.75 bits per heavy atom. The molecule has 0 spiro atoms. The van der Waals surface area contributed by atoms with E-state index in [2.05, 4.69) is 24.4 Å². The summed E-state index contributed by atoms with van der Waals surface area (Å²) >= 11 is 0. The minimum absolute atomic E-state index is 0.0580. The van der Waals surface area contributed by atoms with Crippen molar-refractivity contribution < 1.29 is 13.2 Å². The number of amides is 1. The molecule has 170 valence electrons. The molecule has 0 bridgehead atoms. The number of hydrogen-bond acceptors (Lipinski definition) is 3. The van der Waals surface area contributed by atoms with Crippen LogP contribution >= 0.6 is 0 Å². The maximum absolute atomic E-state index is 13.1. The van der Waals surface area contributed by atoms with E-state index < -0.39 is 10.0 Å². The summed E-state index contributed by atoms with van der Waals surface area (Å²) in [4.78, 5) is 12.8. The highest BCUT2D eigenvalue weighted by molar-refractivity contribution is 7.89. The van der Waals surface area contributed by atoms with E-state index in [1.165, 1.54) is 11.1 Å². The van der Waals surface area contributed by atoms with Crippen molar-refractivity contribution in [1.82, 2.24) is 14.2 Å². The number of carbonyl (C=O) groups excluding carboxylic acids is 1. The Labute approximate surface area is 190 Å². The Kier molecular flexibility index (Phi) is 6.96. The number of aromatic nitrogens is 1. The summed E-state index contributed by atoms with van der Waals surface area (Å²) in [6.07, 6.45) is 6.63. The number of benzene rings is 2. The van der Waals surface area contributed by atoms with E-state index in [1.807, 2.05) is 29.0 Å². The fourth-order valence-electron chi connectivity index (χ4n) is 4.35. The van der Waals surface area contributed by atoms with Gasteiger partial charge in [0.05, 0.1) is 4.90 Å². The van der Waals surface area contributed by atoms with Crippen molar-refractivity contribution in [2.24, 2.45) is 0 Å². The quantitative estimate of drug-likeness (QED) is 0.590. The molecule has 0 radical (unpaired) electrons. The standard InChI is InChI=1S/C25H31N3O3S/c1-20-8-4-5-9-21(20)12-14-26-25(29)19-27-17-13-22-18-23(10-11-24(22)27)32(30,31)28-15-6-2-3-7-16-28/h4-5,8-11,13,17-18H,2-3,6-7,12,14-16,19H2,1H3,(H,26,29). The van der Waals surface area contributed by atoms with Crippen LogP contribution in [0.15, 0.2) is 59.6 Å². The Balaban J connectivity index is 1.41. The van der Waals surface area contributed by atoms with E-state index in [1.54, 1.807) is 22.5 Å². The van der Waals surface area contributed by atoms with Gasteiger partial charge in [0, 0.05) is 36.7 Å². The largest absolute Gasteiger partial charge is 0.354 e. The molecule has 7 heteroatoms. The molecule has 1 aliphatic heterocycles. The first kappa shape index (κ1) is 22.6. The van der Waals surface area contributed by atoms with Gasteiger partial charge < -0.3 is 9.88 Å². The van der Waals surface area contributed by atoms with Crippen LogP contribution in [0.1, 0.15) is 36.8 Å². The van der Waals surface area contributed by atoms with Crippen molar-refractivity contribution >= 4 is 26.8 Å². The number of carbonyl (C=O) groups is 1. The zero-order valence-corrected chi connectivity index (χ0v) is 19.4.